The van der Waals surface area contributed by atoms with Crippen LogP contribution in [-0.2, 0) is 16.1 Å². The summed E-state index contributed by atoms with van der Waals surface area (Å²) in [6, 6.07) is 5.60. The summed E-state index contributed by atoms with van der Waals surface area (Å²) < 4.78 is 28.4. The Bertz CT molecular complexity index is 616. The van der Waals surface area contributed by atoms with E-state index in [9.17, 15) is 9.18 Å². The van der Waals surface area contributed by atoms with Crippen LogP contribution in [0.3, 0.4) is 0 Å². The number of ether oxygens (including phenoxy) is 2. The molecule has 0 aliphatic heterocycles. The first-order chi connectivity index (χ1) is 10.5. The highest BCUT2D eigenvalue weighted by Gasteiger charge is 2.12. The number of hydrogen-bond acceptors (Lipinski definition) is 7. The molecule has 0 saturated carbocycles. The number of aromatic nitrogens is 2. The highest BCUT2D eigenvalue weighted by Crippen LogP contribution is 2.18. The zero-order chi connectivity index (χ0) is 15.9. The Morgan fingerprint density at radius 2 is 2.05 bits per heavy atom. The van der Waals surface area contributed by atoms with Crippen LogP contribution in [0.1, 0.15) is 19.7 Å². The summed E-state index contributed by atoms with van der Waals surface area (Å²) >= 11 is 1.10. The molecule has 0 aliphatic rings. The van der Waals surface area contributed by atoms with Gasteiger partial charge in [0.15, 0.2) is 6.61 Å². The zero-order valence-corrected chi connectivity index (χ0v) is 12.9. The first-order valence-corrected chi connectivity index (χ1v) is 7.54. The molecule has 1 aromatic carbocycles. The number of rotatable bonds is 7. The summed E-state index contributed by atoms with van der Waals surface area (Å²) in [7, 11) is 0. The van der Waals surface area contributed by atoms with Crippen LogP contribution in [0, 0.1) is 5.82 Å². The van der Waals surface area contributed by atoms with Crippen molar-refractivity contribution >= 4 is 17.7 Å². The molecule has 0 spiro atoms. The van der Waals surface area contributed by atoms with E-state index in [4.69, 9.17) is 13.9 Å². The lowest BCUT2D eigenvalue weighted by Crippen LogP contribution is -2.13. The predicted octanol–water partition coefficient (Wildman–Crippen LogP) is 2.83. The number of hydrogen-bond donors (Lipinski definition) is 0. The summed E-state index contributed by atoms with van der Waals surface area (Å²) in [5, 5.41) is 7.85. The van der Waals surface area contributed by atoms with Crippen molar-refractivity contribution in [2.24, 2.45) is 0 Å². The van der Waals surface area contributed by atoms with Gasteiger partial charge < -0.3 is 13.9 Å². The monoisotopic (exact) mass is 326 g/mol. The van der Waals surface area contributed by atoms with Crippen LogP contribution in [-0.4, -0.2) is 28.0 Å². The third-order valence-corrected chi connectivity index (χ3v) is 3.10. The lowest BCUT2D eigenvalue weighted by Gasteiger charge is -2.05. The smallest absolute Gasteiger partial charge is 0.316 e. The van der Waals surface area contributed by atoms with Gasteiger partial charge in [0.05, 0.1) is 6.10 Å². The van der Waals surface area contributed by atoms with Crippen LogP contribution in [0.2, 0.25) is 0 Å². The van der Waals surface area contributed by atoms with Gasteiger partial charge in [0.25, 0.3) is 11.1 Å². The van der Waals surface area contributed by atoms with Gasteiger partial charge in [0, 0.05) is 0 Å². The Labute approximate surface area is 131 Å². The van der Waals surface area contributed by atoms with E-state index in [1.165, 1.54) is 24.3 Å². The van der Waals surface area contributed by atoms with E-state index in [-0.39, 0.29) is 41.4 Å². The van der Waals surface area contributed by atoms with Crippen LogP contribution < -0.4 is 4.74 Å². The molecular weight excluding hydrogens is 311 g/mol. The van der Waals surface area contributed by atoms with E-state index in [0.29, 0.717) is 5.75 Å². The highest BCUT2D eigenvalue weighted by atomic mass is 32.2. The third kappa shape index (κ3) is 5.36. The normalized spacial score (nSPS) is 10.7. The maximum Gasteiger partial charge on any atom is 0.316 e. The minimum absolute atomic E-state index is 0.0651. The Kier molecular flexibility index (Phi) is 5.76. The average Bonchev–Trinajstić information content (AvgIpc) is 2.92. The molecule has 2 aromatic rings. The second-order valence-electron chi connectivity index (χ2n) is 4.53. The van der Waals surface area contributed by atoms with Gasteiger partial charge in [-0.3, -0.25) is 4.79 Å². The van der Waals surface area contributed by atoms with Crippen LogP contribution in [0.25, 0.3) is 0 Å². The summed E-state index contributed by atoms with van der Waals surface area (Å²) in [6.07, 6.45) is -0.157. The van der Waals surface area contributed by atoms with Gasteiger partial charge in [-0.05, 0) is 38.1 Å². The number of nitrogens with zero attached hydrogens (tertiary/aromatic N) is 2. The summed E-state index contributed by atoms with van der Waals surface area (Å²) in [4.78, 5) is 11.4. The molecule has 1 aromatic heterocycles. The summed E-state index contributed by atoms with van der Waals surface area (Å²) in [6.45, 7) is 3.62. The largest absolute Gasteiger partial charge is 0.484 e. The average molecular weight is 326 g/mol. The van der Waals surface area contributed by atoms with Gasteiger partial charge in [-0.25, -0.2) is 4.39 Å². The predicted molar refractivity (Wildman–Crippen MR) is 77.0 cm³/mol. The van der Waals surface area contributed by atoms with Gasteiger partial charge >= 0.3 is 5.97 Å². The molecule has 1 heterocycles. The van der Waals surface area contributed by atoms with Crippen LogP contribution in [0.15, 0.2) is 33.9 Å². The maximum absolute atomic E-state index is 12.7. The molecule has 6 nitrogen and oxygen atoms in total. The Morgan fingerprint density at radius 1 is 1.32 bits per heavy atom. The maximum atomic E-state index is 12.7. The van der Waals surface area contributed by atoms with Crippen molar-refractivity contribution in [2.45, 2.75) is 31.8 Å². The van der Waals surface area contributed by atoms with Crippen LogP contribution in [0.4, 0.5) is 4.39 Å². The second-order valence-corrected chi connectivity index (χ2v) is 5.46. The van der Waals surface area contributed by atoms with Crippen molar-refractivity contribution < 1.29 is 23.1 Å². The van der Waals surface area contributed by atoms with E-state index in [0.717, 1.165) is 11.8 Å². The molecule has 0 radical (unpaired) electrons. The van der Waals surface area contributed by atoms with Crippen molar-refractivity contribution in [2.75, 3.05) is 5.75 Å². The standard InChI is InChI=1S/C14H15FN2O4S/c1-9(2)20-13(18)8-22-14-17-16-12(21-14)7-19-11-5-3-10(15)4-6-11/h3-6,9H,7-8H2,1-2H3. The Balaban J connectivity index is 1.78. The van der Waals surface area contributed by atoms with Crippen molar-refractivity contribution in [3.05, 3.63) is 36.0 Å². The fraction of sp³-hybridized carbons (Fsp3) is 0.357. The minimum atomic E-state index is -0.345. The lowest BCUT2D eigenvalue weighted by molar-refractivity contribution is -0.144. The molecule has 0 atom stereocenters. The summed E-state index contributed by atoms with van der Waals surface area (Å²) in [5.74, 6) is 0.177. The van der Waals surface area contributed by atoms with E-state index >= 15 is 0 Å². The van der Waals surface area contributed by atoms with E-state index in [1.54, 1.807) is 13.8 Å². The number of carbonyl (C=O) groups is 1. The van der Waals surface area contributed by atoms with Gasteiger partial charge in [-0.2, -0.15) is 0 Å². The molecule has 0 aliphatic carbocycles. The minimum Gasteiger partial charge on any atom is -0.484 e. The topological polar surface area (TPSA) is 74.5 Å². The molecule has 0 bridgehead atoms. The highest BCUT2D eigenvalue weighted by molar-refractivity contribution is 7.99. The number of esters is 1. The van der Waals surface area contributed by atoms with Gasteiger partial charge in [0.2, 0.25) is 0 Å². The SMILES string of the molecule is CC(C)OC(=O)CSc1nnc(COc2ccc(F)cc2)o1. The van der Waals surface area contributed by atoms with E-state index < -0.39 is 0 Å². The van der Waals surface area contributed by atoms with Gasteiger partial charge in [0.1, 0.15) is 17.3 Å². The lowest BCUT2D eigenvalue weighted by atomic mass is 10.3. The number of halogens is 1. The molecule has 0 saturated heterocycles. The number of carbonyl (C=O) groups excluding carboxylic acids is 1. The van der Waals surface area contributed by atoms with Crippen molar-refractivity contribution in [3.8, 4) is 5.75 Å². The summed E-state index contributed by atoms with van der Waals surface area (Å²) in [5.41, 5.74) is 0. The third-order valence-electron chi connectivity index (χ3n) is 2.30. The van der Waals surface area contributed by atoms with Gasteiger partial charge in [-0.1, -0.05) is 11.8 Å². The fourth-order valence-electron chi connectivity index (χ4n) is 1.45. The van der Waals surface area contributed by atoms with Crippen molar-refractivity contribution in [1.82, 2.24) is 10.2 Å². The molecule has 0 N–H and O–H groups in total. The quantitative estimate of drug-likeness (QED) is 0.572. The van der Waals surface area contributed by atoms with E-state index in [2.05, 4.69) is 10.2 Å². The first-order valence-electron chi connectivity index (χ1n) is 6.56. The first kappa shape index (κ1) is 16.3. The second kappa shape index (κ2) is 7.79. The van der Waals surface area contributed by atoms with E-state index in [1.807, 2.05) is 0 Å². The number of thioether (sulfide) groups is 1. The van der Waals surface area contributed by atoms with Crippen LogP contribution in [0.5, 0.6) is 5.75 Å². The zero-order valence-electron chi connectivity index (χ0n) is 12.1. The molecule has 2 rings (SSSR count). The molecule has 0 unspecified atom stereocenters. The Hall–Kier alpha value is -2.09. The molecule has 0 fully saturated rings. The Morgan fingerprint density at radius 3 is 2.73 bits per heavy atom. The molecular formula is C14H15FN2O4S. The van der Waals surface area contributed by atoms with Crippen LogP contribution >= 0.6 is 11.8 Å². The molecule has 22 heavy (non-hydrogen) atoms. The number of benzene rings is 1. The molecule has 8 heteroatoms. The molecule has 118 valence electrons. The van der Waals surface area contributed by atoms with Gasteiger partial charge in [-0.15, -0.1) is 10.2 Å². The molecule has 0 amide bonds. The van der Waals surface area contributed by atoms with Crippen molar-refractivity contribution in [1.29, 1.82) is 0 Å². The fourth-order valence-corrected chi connectivity index (χ4v) is 2.01. The van der Waals surface area contributed by atoms with Crippen molar-refractivity contribution in [3.63, 3.8) is 0 Å².